The van der Waals surface area contributed by atoms with E-state index in [0.717, 1.165) is 0 Å². The fraction of sp³-hybridized carbons (Fsp3) is 0.500. The smallest absolute Gasteiger partial charge is 0.304 e. The molecule has 1 aromatic heterocycles. The molecule has 1 rings (SSSR count). The van der Waals surface area contributed by atoms with Gasteiger partial charge in [0.1, 0.15) is 0 Å². The SMILES string of the molecule is Cc1nnc(NS(=O)(=O)CCC(=O)O)nc1C. The van der Waals surface area contributed by atoms with Crippen molar-refractivity contribution in [3.8, 4) is 0 Å². The first kappa shape index (κ1) is 13.3. The number of sulfonamides is 1. The zero-order valence-electron chi connectivity index (χ0n) is 9.34. The largest absolute Gasteiger partial charge is 0.481 e. The first-order valence-electron chi connectivity index (χ1n) is 4.70. The molecule has 94 valence electrons. The van der Waals surface area contributed by atoms with Crippen LogP contribution in [-0.4, -0.2) is 40.4 Å². The lowest BCUT2D eigenvalue weighted by Gasteiger charge is -2.05. The molecule has 0 aliphatic rings. The lowest BCUT2D eigenvalue weighted by atomic mass is 10.4. The maximum atomic E-state index is 11.4. The number of nitrogens with zero attached hydrogens (tertiary/aromatic N) is 3. The van der Waals surface area contributed by atoms with Crippen molar-refractivity contribution >= 4 is 21.9 Å². The van der Waals surface area contributed by atoms with Gasteiger partial charge in [-0.25, -0.2) is 18.1 Å². The van der Waals surface area contributed by atoms with E-state index in [2.05, 4.69) is 19.9 Å². The number of hydrogen-bond donors (Lipinski definition) is 2. The van der Waals surface area contributed by atoms with Crippen molar-refractivity contribution in [3.05, 3.63) is 11.4 Å². The quantitative estimate of drug-likeness (QED) is 0.745. The zero-order valence-corrected chi connectivity index (χ0v) is 10.2. The number of carbonyl (C=O) groups is 1. The number of aromatic nitrogens is 3. The molecule has 0 radical (unpaired) electrons. The van der Waals surface area contributed by atoms with Gasteiger partial charge in [-0.15, -0.1) is 5.10 Å². The van der Waals surface area contributed by atoms with Crippen molar-refractivity contribution in [2.45, 2.75) is 20.3 Å². The van der Waals surface area contributed by atoms with Crippen LogP contribution in [0.2, 0.25) is 0 Å². The Balaban J connectivity index is 2.76. The Morgan fingerprint density at radius 1 is 1.29 bits per heavy atom. The highest BCUT2D eigenvalue weighted by Gasteiger charge is 2.15. The zero-order chi connectivity index (χ0) is 13.1. The summed E-state index contributed by atoms with van der Waals surface area (Å²) in [5.41, 5.74) is 1.15. The molecule has 1 aromatic rings. The van der Waals surface area contributed by atoms with Crippen LogP contribution in [0.4, 0.5) is 5.95 Å². The van der Waals surface area contributed by atoms with Crippen LogP contribution in [0, 0.1) is 13.8 Å². The first-order valence-corrected chi connectivity index (χ1v) is 6.35. The predicted molar refractivity (Wildman–Crippen MR) is 59.0 cm³/mol. The van der Waals surface area contributed by atoms with Crippen LogP contribution in [0.25, 0.3) is 0 Å². The minimum Gasteiger partial charge on any atom is -0.481 e. The summed E-state index contributed by atoms with van der Waals surface area (Å²) in [5, 5.41) is 15.6. The Morgan fingerprint density at radius 2 is 1.94 bits per heavy atom. The summed E-state index contributed by atoms with van der Waals surface area (Å²) in [6.45, 7) is 3.36. The Bertz CT molecular complexity index is 528. The molecule has 1 heterocycles. The highest BCUT2D eigenvalue weighted by molar-refractivity contribution is 7.92. The van der Waals surface area contributed by atoms with Gasteiger partial charge >= 0.3 is 5.97 Å². The second kappa shape index (κ2) is 5.04. The lowest BCUT2D eigenvalue weighted by Crippen LogP contribution is -2.21. The fourth-order valence-corrected chi connectivity index (χ4v) is 1.82. The van der Waals surface area contributed by atoms with Crippen LogP contribution in [0.1, 0.15) is 17.8 Å². The minimum absolute atomic E-state index is 0.154. The lowest BCUT2D eigenvalue weighted by molar-refractivity contribution is -0.136. The van der Waals surface area contributed by atoms with Crippen molar-refractivity contribution in [1.29, 1.82) is 0 Å². The molecule has 0 unspecified atom stereocenters. The van der Waals surface area contributed by atoms with E-state index in [4.69, 9.17) is 5.11 Å². The average molecular weight is 260 g/mol. The summed E-state index contributed by atoms with van der Waals surface area (Å²) >= 11 is 0. The average Bonchev–Trinajstić information content (AvgIpc) is 2.21. The van der Waals surface area contributed by atoms with Crippen molar-refractivity contribution in [2.75, 3.05) is 10.5 Å². The summed E-state index contributed by atoms with van der Waals surface area (Å²) in [4.78, 5) is 14.1. The summed E-state index contributed by atoms with van der Waals surface area (Å²) in [6, 6.07) is 0. The predicted octanol–water partition coefficient (Wildman–Crippen LogP) is -0.295. The van der Waals surface area contributed by atoms with Gasteiger partial charge in [-0.1, -0.05) is 0 Å². The second-order valence-electron chi connectivity index (χ2n) is 3.37. The van der Waals surface area contributed by atoms with Gasteiger partial charge in [0.25, 0.3) is 5.95 Å². The molecule has 8 nitrogen and oxygen atoms in total. The number of hydrogen-bond acceptors (Lipinski definition) is 6. The van der Waals surface area contributed by atoms with Gasteiger partial charge in [-0.2, -0.15) is 5.10 Å². The fourth-order valence-electron chi connectivity index (χ4n) is 0.912. The molecule has 2 N–H and O–H groups in total. The molecule has 0 amide bonds. The molecule has 0 saturated heterocycles. The molecule has 17 heavy (non-hydrogen) atoms. The number of carboxylic acids is 1. The van der Waals surface area contributed by atoms with Gasteiger partial charge in [0, 0.05) is 0 Å². The van der Waals surface area contributed by atoms with Crippen molar-refractivity contribution in [3.63, 3.8) is 0 Å². The van der Waals surface area contributed by atoms with E-state index in [1.54, 1.807) is 13.8 Å². The van der Waals surface area contributed by atoms with Crippen LogP contribution >= 0.6 is 0 Å². The number of aryl methyl sites for hydroxylation is 2. The maximum absolute atomic E-state index is 11.4. The minimum atomic E-state index is -3.76. The van der Waals surface area contributed by atoms with E-state index in [9.17, 15) is 13.2 Å². The Morgan fingerprint density at radius 3 is 2.47 bits per heavy atom. The summed E-state index contributed by atoms with van der Waals surface area (Å²) < 4.78 is 24.9. The molecule has 0 atom stereocenters. The normalized spacial score (nSPS) is 11.2. The van der Waals surface area contributed by atoms with E-state index in [1.165, 1.54) is 0 Å². The summed E-state index contributed by atoms with van der Waals surface area (Å²) in [6.07, 6.45) is -0.479. The summed E-state index contributed by atoms with van der Waals surface area (Å²) in [7, 11) is -3.76. The van der Waals surface area contributed by atoms with Gasteiger partial charge < -0.3 is 5.11 Å². The highest BCUT2D eigenvalue weighted by Crippen LogP contribution is 2.05. The van der Waals surface area contributed by atoms with E-state index >= 15 is 0 Å². The van der Waals surface area contributed by atoms with Crippen LogP contribution in [0.3, 0.4) is 0 Å². The third-order valence-electron chi connectivity index (χ3n) is 1.92. The molecular formula is C8H12N4O4S. The van der Waals surface area contributed by atoms with Gasteiger partial charge in [-0.3, -0.25) is 4.79 Å². The van der Waals surface area contributed by atoms with Crippen molar-refractivity contribution in [2.24, 2.45) is 0 Å². The number of rotatable bonds is 5. The number of carboxylic acid groups (broad SMARTS) is 1. The van der Waals surface area contributed by atoms with E-state index in [-0.39, 0.29) is 5.95 Å². The molecule has 0 fully saturated rings. The van der Waals surface area contributed by atoms with Crippen LogP contribution in [0.5, 0.6) is 0 Å². The monoisotopic (exact) mass is 260 g/mol. The maximum Gasteiger partial charge on any atom is 0.304 e. The van der Waals surface area contributed by atoms with Gasteiger partial charge in [0.15, 0.2) is 0 Å². The number of nitrogens with one attached hydrogen (secondary N) is 1. The molecule has 0 aliphatic heterocycles. The Kier molecular flexibility index (Phi) is 3.94. The highest BCUT2D eigenvalue weighted by atomic mass is 32.2. The van der Waals surface area contributed by atoms with Crippen LogP contribution in [0.15, 0.2) is 0 Å². The van der Waals surface area contributed by atoms with E-state index in [0.29, 0.717) is 11.4 Å². The van der Waals surface area contributed by atoms with Gasteiger partial charge in [-0.05, 0) is 13.8 Å². The third kappa shape index (κ3) is 4.31. The first-order chi connectivity index (χ1) is 7.80. The molecule has 0 spiro atoms. The molecule has 0 aromatic carbocycles. The third-order valence-corrected chi connectivity index (χ3v) is 3.16. The van der Waals surface area contributed by atoms with Crippen molar-refractivity contribution < 1.29 is 18.3 Å². The Hall–Kier alpha value is -1.77. The molecule has 0 saturated carbocycles. The molecule has 0 bridgehead atoms. The summed E-state index contributed by atoms with van der Waals surface area (Å²) in [5.74, 6) is -1.87. The Labute approximate surface area is 98.1 Å². The number of anilines is 1. The molecular weight excluding hydrogens is 248 g/mol. The van der Waals surface area contributed by atoms with Crippen LogP contribution < -0.4 is 4.72 Å². The van der Waals surface area contributed by atoms with E-state index in [1.807, 2.05) is 0 Å². The standard InChI is InChI=1S/C8H12N4O4S/c1-5-6(2)10-11-8(9-5)12-17(15,16)4-3-7(13)14/h3-4H2,1-2H3,(H,13,14)(H,9,11,12). The molecule has 0 aliphatic carbocycles. The van der Waals surface area contributed by atoms with Crippen molar-refractivity contribution in [1.82, 2.24) is 15.2 Å². The van der Waals surface area contributed by atoms with Gasteiger partial charge in [0.05, 0.1) is 23.6 Å². The van der Waals surface area contributed by atoms with E-state index < -0.39 is 28.2 Å². The molecule has 9 heteroatoms. The van der Waals surface area contributed by atoms with Gasteiger partial charge in [0.2, 0.25) is 10.0 Å². The van der Waals surface area contributed by atoms with Crippen LogP contribution in [-0.2, 0) is 14.8 Å². The second-order valence-corrected chi connectivity index (χ2v) is 5.21. The topological polar surface area (TPSA) is 122 Å². The number of aliphatic carboxylic acids is 1.